The first-order valence-corrected chi connectivity index (χ1v) is 5.58. The van der Waals surface area contributed by atoms with Crippen molar-refractivity contribution in [2.24, 2.45) is 0 Å². The zero-order valence-electron chi connectivity index (χ0n) is 9.96. The van der Waals surface area contributed by atoms with E-state index in [9.17, 15) is 10.2 Å². The number of phenols is 2. The molecule has 0 atom stereocenters. The van der Waals surface area contributed by atoms with Crippen LogP contribution in [0.25, 0.3) is 0 Å². The molecule has 0 spiro atoms. The summed E-state index contributed by atoms with van der Waals surface area (Å²) in [5.41, 5.74) is 1.93. The highest BCUT2D eigenvalue weighted by Crippen LogP contribution is 2.26. The van der Waals surface area contributed by atoms with E-state index in [2.05, 4.69) is 0 Å². The number of benzene rings is 2. The van der Waals surface area contributed by atoms with Crippen molar-refractivity contribution in [1.29, 1.82) is 10.5 Å². The zero-order valence-corrected chi connectivity index (χ0v) is 9.96. The number of phenolic OH excluding ortho intramolecular Hbond substituents is 2. The van der Waals surface area contributed by atoms with Gasteiger partial charge in [0.15, 0.2) is 0 Å². The van der Waals surface area contributed by atoms with Gasteiger partial charge in [-0.25, -0.2) is 0 Å². The Kier molecular flexibility index (Phi) is 3.36. The second-order valence-corrected chi connectivity index (χ2v) is 4.09. The Bertz CT molecular complexity index is 648. The SMILES string of the molecule is N#Cc1ccc(O)c(Cc2cc(C#N)ccc2O)c1. The van der Waals surface area contributed by atoms with E-state index in [0.29, 0.717) is 22.3 Å². The van der Waals surface area contributed by atoms with E-state index >= 15 is 0 Å². The summed E-state index contributed by atoms with van der Waals surface area (Å²) in [5, 5.41) is 37.2. The Morgan fingerprint density at radius 3 is 1.58 bits per heavy atom. The summed E-state index contributed by atoms with van der Waals surface area (Å²) >= 11 is 0. The maximum absolute atomic E-state index is 9.75. The third kappa shape index (κ3) is 2.65. The van der Waals surface area contributed by atoms with Gasteiger partial charge < -0.3 is 10.2 Å². The molecule has 2 rings (SSSR count). The first-order valence-electron chi connectivity index (χ1n) is 5.58. The van der Waals surface area contributed by atoms with Crippen molar-refractivity contribution in [2.75, 3.05) is 0 Å². The topological polar surface area (TPSA) is 88.0 Å². The molecule has 0 aliphatic heterocycles. The molecular weight excluding hydrogens is 240 g/mol. The van der Waals surface area contributed by atoms with E-state index in [1.54, 1.807) is 12.1 Å². The third-order valence-corrected chi connectivity index (χ3v) is 2.80. The minimum absolute atomic E-state index is 0.0563. The van der Waals surface area contributed by atoms with Gasteiger partial charge >= 0.3 is 0 Å². The van der Waals surface area contributed by atoms with E-state index in [-0.39, 0.29) is 17.9 Å². The molecule has 0 aliphatic carbocycles. The predicted molar refractivity (Wildman–Crippen MR) is 68.4 cm³/mol. The lowest BCUT2D eigenvalue weighted by Crippen LogP contribution is -1.92. The van der Waals surface area contributed by atoms with Crippen LogP contribution >= 0.6 is 0 Å². The van der Waals surface area contributed by atoms with Crippen LogP contribution in [0.5, 0.6) is 11.5 Å². The molecule has 2 aromatic carbocycles. The molecule has 0 amide bonds. The Balaban J connectivity index is 2.42. The van der Waals surface area contributed by atoms with Crippen LogP contribution in [0.2, 0.25) is 0 Å². The average Bonchev–Trinajstić information content (AvgIpc) is 2.43. The molecule has 0 fully saturated rings. The van der Waals surface area contributed by atoms with Crippen LogP contribution in [0.4, 0.5) is 0 Å². The van der Waals surface area contributed by atoms with Gasteiger partial charge in [0.05, 0.1) is 23.3 Å². The fraction of sp³-hybridized carbons (Fsp3) is 0.0667. The zero-order chi connectivity index (χ0) is 13.8. The molecule has 0 saturated carbocycles. The van der Waals surface area contributed by atoms with Crippen molar-refractivity contribution in [3.63, 3.8) is 0 Å². The standard InChI is InChI=1S/C15H10N2O2/c16-8-10-1-3-14(18)12(5-10)7-13-6-11(9-17)2-4-15(13)19/h1-6,18-19H,7H2. The summed E-state index contributed by atoms with van der Waals surface area (Å²) in [7, 11) is 0. The van der Waals surface area contributed by atoms with Crippen LogP contribution in [0, 0.1) is 22.7 Å². The number of aromatic hydroxyl groups is 2. The summed E-state index contributed by atoms with van der Waals surface area (Å²) in [5.74, 6) is 0.113. The van der Waals surface area contributed by atoms with Crippen molar-refractivity contribution in [2.45, 2.75) is 6.42 Å². The number of rotatable bonds is 2. The number of nitriles is 2. The number of nitrogens with zero attached hydrogens (tertiary/aromatic N) is 2. The molecule has 0 saturated heterocycles. The molecule has 0 aliphatic rings. The van der Waals surface area contributed by atoms with E-state index in [1.165, 1.54) is 24.3 Å². The molecule has 4 nitrogen and oxygen atoms in total. The van der Waals surface area contributed by atoms with Gasteiger partial charge in [-0.15, -0.1) is 0 Å². The quantitative estimate of drug-likeness (QED) is 0.856. The van der Waals surface area contributed by atoms with Gasteiger partial charge in [-0.05, 0) is 47.5 Å². The van der Waals surface area contributed by atoms with Crippen molar-refractivity contribution in [1.82, 2.24) is 0 Å². The van der Waals surface area contributed by atoms with Crippen LogP contribution in [0.3, 0.4) is 0 Å². The lowest BCUT2D eigenvalue weighted by Gasteiger charge is -2.07. The van der Waals surface area contributed by atoms with E-state index < -0.39 is 0 Å². The van der Waals surface area contributed by atoms with Crippen LogP contribution in [0.15, 0.2) is 36.4 Å². The van der Waals surface area contributed by atoms with Gasteiger partial charge in [-0.1, -0.05) is 0 Å². The Morgan fingerprint density at radius 1 is 0.789 bits per heavy atom. The Morgan fingerprint density at radius 2 is 1.21 bits per heavy atom. The van der Waals surface area contributed by atoms with Crippen LogP contribution in [0.1, 0.15) is 22.3 Å². The van der Waals surface area contributed by atoms with Crippen molar-refractivity contribution in [3.8, 4) is 23.6 Å². The molecule has 92 valence electrons. The predicted octanol–water partition coefficient (Wildman–Crippen LogP) is 2.43. The summed E-state index contributed by atoms with van der Waals surface area (Å²) in [6.45, 7) is 0. The normalized spacial score (nSPS) is 9.58. The van der Waals surface area contributed by atoms with Gasteiger partial charge in [-0.3, -0.25) is 0 Å². The number of hydrogen-bond donors (Lipinski definition) is 2. The van der Waals surface area contributed by atoms with Crippen LogP contribution in [-0.4, -0.2) is 10.2 Å². The minimum atomic E-state index is 0.0563. The highest BCUT2D eigenvalue weighted by Gasteiger charge is 2.08. The van der Waals surface area contributed by atoms with Crippen molar-refractivity contribution < 1.29 is 10.2 Å². The molecule has 19 heavy (non-hydrogen) atoms. The summed E-state index contributed by atoms with van der Waals surface area (Å²) in [6.07, 6.45) is 0.253. The summed E-state index contributed by atoms with van der Waals surface area (Å²) < 4.78 is 0. The molecule has 0 heterocycles. The smallest absolute Gasteiger partial charge is 0.119 e. The summed E-state index contributed by atoms with van der Waals surface area (Å²) in [4.78, 5) is 0. The monoisotopic (exact) mass is 250 g/mol. The van der Waals surface area contributed by atoms with E-state index in [4.69, 9.17) is 10.5 Å². The first-order chi connectivity index (χ1) is 9.13. The maximum Gasteiger partial charge on any atom is 0.119 e. The molecule has 2 N–H and O–H groups in total. The van der Waals surface area contributed by atoms with Gasteiger partial charge in [0, 0.05) is 6.42 Å². The van der Waals surface area contributed by atoms with E-state index in [0.717, 1.165) is 0 Å². The lowest BCUT2D eigenvalue weighted by molar-refractivity contribution is 0.463. The van der Waals surface area contributed by atoms with Gasteiger partial charge in [0.1, 0.15) is 11.5 Å². The number of hydrogen-bond acceptors (Lipinski definition) is 4. The molecule has 4 heteroatoms. The minimum Gasteiger partial charge on any atom is -0.508 e. The van der Waals surface area contributed by atoms with Crippen molar-refractivity contribution in [3.05, 3.63) is 58.7 Å². The Hall–Kier alpha value is -2.98. The molecule has 0 radical (unpaired) electrons. The first kappa shape index (κ1) is 12.5. The molecule has 2 aromatic rings. The van der Waals surface area contributed by atoms with Gasteiger partial charge in [0.25, 0.3) is 0 Å². The fourth-order valence-electron chi connectivity index (χ4n) is 1.80. The largest absolute Gasteiger partial charge is 0.508 e. The average molecular weight is 250 g/mol. The highest BCUT2D eigenvalue weighted by molar-refractivity contribution is 5.48. The molecule has 0 aromatic heterocycles. The fourth-order valence-corrected chi connectivity index (χ4v) is 1.80. The second-order valence-electron chi connectivity index (χ2n) is 4.09. The van der Waals surface area contributed by atoms with Crippen LogP contribution in [-0.2, 0) is 6.42 Å². The van der Waals surface area contributed by atoms with Gasteiger partial charge in [0.2, 0.25) is 0 Å². The summed E-state index contributed by atoms with van der Waals surface area (Å²) in [6, 6.07) is 13.0. The molecular formula is C15H10N2O2. The van der Waals surface area contributed by atoms with Crippen molar-refractivity contribution >= 4 is 0 Å². The van der Waals surface area contributed by atoms with Gasteiger partial charge in [-0.2, -0.15) is 10.5 Å². The lowest BCUT2D eigenvalue weighted by atomic mass is 10.00. The third-order valence-electron chi connectivity index (χ3n) is 2.80. The molecule has 0 unspecified atom stereocenters. The van der Waals surface area contributed by atoms with E-state index in [1.807, 2.05) is 12.1 Å². The second kappa shape index (κ2) is 5.12. The highest BCUT2D eigenvalue weighted by atomic mass is 16.3. The molecule has 0 bridgehead atoms. The Labute approximate surface area is 110 Å². The maximum atomic E-state index is 9.75. The van der Waals surface area contributed by atoms with Crippen LogP contribution < -0.4 is 0 Å².